The summed E-state index contributed by atoms with van der Waals surface area (Å²) in [6.45, 7) is -0.0411. The maximum atomic E-state index is 13.7. The second kappa shape index (κ2) is 12.2. The summed E-state index contributed by atoms with van der Waals surface area (Å²) >= 11 is 0. The largest absolute Gasteiger partial charge is 0.481 e. The van der Waals surface area contributed by atoms with Crippen molar-refractivity contribution in [2.75, 3.05) is 6.54 Å². The van der Waals surface area contributed by atoms with Gasteiger partial charge in [0.1, 0.15) is 0 Å². The first-order chi connectivity index (χ1) is 19.0. The van der Waals surface area contributed by atoms with Crippen LogP contribution >= 0.6 is 0 Å². The maximum Gasteiger partial charge on any atom is 0.389 e. The fraction of sp³-hybridized carbons (Fsp3) is 0.233. The van der Waals surface area contributed by atoms with Crippen LogP contribution in [0.1, 0.15) is 37.2 Å². The van der Waals surface area contributed by atoms with Crippen LogP contribution in [0.25, 0.3) is 22.0 Å². The van der Waals surface area contributed by atoms with E-state index in [1.165, 1.54) is 18.3 Å². The molecular formula is C30H25F5N2O3. The van der Waals surface area contributed by atoms with Crippen LogP contribution in [0.4, 0.5) is 22.0 Å². The summed E-state index contributed by atoms with van der Waals surface area (Å²) in [5.41, 5.74) is 3.07. The Balaban J connectivity index is 1.63. The molecule has 1 aliphatic rings. The van der Waals surface area contributed by atoms with Gasteiger partial charge in [-0.1, -0.05) is 42.5 Å². The number of hydrogen-bond donors (Lipinski definition) is 2. The minimum absolute atomic E-state index is 0.0411. The predicted molar refractivity (Wildman–Crippen MR) is 140 cm³/mol. The molecule has 1 heterocycles. The van der Waals surface area contributed by atoms with Crippen molar-refractivity contribution in [3.8, 4) is 11.1 Å². The third-order valence-electron chi connectivity index (χ3n) is 6.52. The zero-order valence-corrected chi connectivity index (χ0v) is 21.1. The number of carbonyl (C=O) groups is 2. The second-order valence-corrected chi connectivity index (χ2v) is 9.38. The summed E-state index contributed by atoms with van der Waals surface area (Å²) in [5, 5.41) is 11.9. The molecule has 1 aliphatic carbocycles. The minimum atomic E-state index is -4.37. The summed E-state index contributed by atoms with van der Waals surface area (Å²) in [6.07, 6.45) is 2.37. The van der Waals surface area contributed by atoms with E-state index in [0.29, 0.717) is 38.7 Å². The average molecular weight is 557 g/mol. The Morgan fingerprint density at radius 2 is 1.75 bits per heavy atom. The predicted octanol–water partition coefficient (Wildman–Crippen LogP) is 7.01. The van der Waals surface area contributed by atoms with E-state index >= 15 is 0 Å². The zero-order chi connectivity index (χ0) is 28.9. The highest BCUT2D eigenvalue weighted by atomic mass is 19.4. The van der Waals surface area contributed by atoms with Gasteiger partial charge >= 0.3 is 12.1 Å². The molecular weight excluding hydrogens is 531 g/mol. The molecule has 40 heavy (non-hydrogen) atoms. The fourth-order valence-corrected chi connectivity index (χ4v) is 4.46. The fourth-order valence-electron chi connectivity index (χ4n) is 4.46. The maximum absolute atomic E-state index is 13.7. The number of nitrogens with zero attached hydrogens (tertiary/aromatic N) is 1. The molecule has 0 saturated carbocycles. The van der Waals surface area contributed by atoms with Gasteiger partial charge in [-0.2, -0.15) is 13.2 Å². The lowest BCUT2D eigenvalue weighted by Gasteiger charge is -2.20. The molecule has 2 N–H and O–H groups in total. The number of pyridine rings is 1. The molecule has 1 aromatic heterocycles. The van der Waals surface area contributed by atoms with Crippen molar-refractivity contribution < 1.29 is 36.6 Å². The molecule has 0 fully saturated rings. The number of amides is 1. The first-order valence-corrected chi connectivity index (χ1v) is 12.5. The molecule has 1 atom stereocenters. The lowest BCUT2D eigenvalue weighted by Crippen LogP contribution is -2.27. The summed E-state index contributed by atoms with van der Waals surface area (Å²) in [6, 6.07) is 10.4. The number of aromatic nitrogens is 1. The Labute approximate surface area is 226 Å². The number of hydrogen-bond acceptors (Lipinski definition) is 3. The van der Waals surface area contributed by atoms with Gasteiger partial charge in [-0.3, -0.25) is 14.6 Å². The number of aliphatic carboxylic acids is 1. The molecule has 0 radical (unpaired) electrons. The molecule has 10 heteroatoms. The first kappa shape index (κ1) is 28.7. The van der Waals surface area contributed by atoms with E-state index < -0.39 is 42.0 Å². The summed E-state index contributed by atoms with van der Waals surface area (Å²) in [5.74, 6) is -4.10. The third-order valence-corrected chi connectivity index (χ3v) is 6.52. The summed E-state index contributed by atoms with van der Waals surface area (Å²) < 4.78 is 66.7. The Kier molecular flexibility index (Phi) is 8.77. The molecule has 0 bridgehead atoms. The van der Waals surface area contributed by atoms with Crippen molar-refractivity contribution in [1.29, 1.82) is 0 Å². The van der Waals surface area contributed by atoms with Gasteiger partial charge < -0.3 is 10.4 Å². The van der Waals surface area contributed by atoms with Crippen molar-refractivity contribution in [2.45, 2.75) is 37.8 Å². The monoisotopic (exact) mass is 556 g/mol. The van der Waals surface area contributed by atoms with Crippen molar-refractivity contribution >= 4 is 22.8 Å². The van der Waals surface area contributed by atoms with E-state index in [4.69, 9.17) is 5.11 Å². The molecule has 0 saturated heterocycles. The normalized spacial score (nSPS) is 14.3. The van der Waals surface area contributed by atoms with Crippen LogP contribution in [-0.2, 0) is 9.59 Å². The van der Waals surface area contributed by atoms with Gasteiger partial charge in [-0.25, -0.2) is 8.78 Å². The van der Waals surface area contributed by atoms with Gasteiger partial charge in [0.15, 0.2) is 11.6 Å². The molecule has 1 amide bonds. The van der Waals surface area contributed by atoms with Crippen molar-refractivity contribution in [3.05, 3.63) is 101 Å². The van der Waals surface area contributed by atoms with Crippen LogP contribution in [-0.4, -0.2) is 34.7 Å². The number of carbonyl (C=O) groups excluding carboxylic acids is 1. The molecule has 5 nitrogen and oxygen atoms in total. The number of carboxylic acid groups (broad SMARTS) is 1. The molecule has 208 valence electrons. The highest BCUT2D eigenvalue weighted by molar-refractivity contribution is 5.94. The molecule has 1 unspecified atom stereocenters. The van der Waals surface area contributed by atoms with Gasteiger partial charge in [-0.15, -0.1) is 0 Å². The molecule has 4 rings (SSSR count). The van der Waals surface area contributed by atoms with Gasteiger partial charge in [0, 0.05) is 36.0 Å². The van der Waals surface area contributed by atoms with Crippen LogP contribution in [0.5, 0.6) is 0 Å². The van der Waals surface area contributed by atoms with Gasteiger partial charge in [0.25, 0.3) is 0 Å². The standard InChI is InChI=1S/C30H25F5N2O3/c31-25-9-8-20(15-26(25)32)21-6-7-22-14-23(17-37-27(22)16-21)24(10-12-30(33,34)35)18-2-1-3-19(5-4-18)29(40)36-13-11-28(38)39/h1-2,4-9,14-17,24H,3,10-13H2,(H,36,40)(H,38,39). The van der Waals surface area contributed by atoms with Crippen molar-refractivity contribution in [3.63, 3.8) is 0 Å². The quantitative estimate of drug-likeness (QED) is 0.278. The zero-order valence-electron chi connectivity index (χ0n) is 21.1. The van der Waals surface area contributed by atoms with Crippen molar-refractivity contribution in [2.24, 2.45) is 0 Å². The Hall–Kier alpha value is -4.34. The van der Waals surface area contributed by atoms with E-state index in [9.17, 15) is 31.5 Å². The number of allylic oxidation sites excluding steroid dienone is 5. The van der Waals surface area contributed by atoms with E-state index in [2.05, 4.69) is 10.3 Å². The summed E-state index contributed by atoms with van der Waals surface area (Å²) in [4.78, 5) is 27.6. The lowest BCUT2D eigenvalue weighted by molar-refractivity contribution is -0.137. The Morgan fingerprint density at radius 1 is 1.00 bits per heavy atom. The topological polar surface area (TPSA) is 79.3 Å². The van der Waals surface area contributed by atoms with E-state index in [1.54, 1.807) is 42.5 Å². The van der Waals surface area contributed by atoms with E-state index in [0.717, 1.165) is 12.1 Å². The lowest BCUT2D eigenvalue weighted by atomic mass is 9.86. The number of carboxylic acids is 1. The minimum Gasteiger partial charge on any atom is -0.481 e. The first-order valence-electron chi connectivity index (χ1n) is 12.5. The molecule has 0 spiro atoms. The SMILES string of the molecule is O=C(O)CCNC(=O)C1=CC=C(C(CCC(F)(F)F)c2cnc3cc(-c4ccc(F)c(F)c4)ccc3c2)C=CC1. The molecule has 3 aromatic rings. The summed E-state index contributed by atoms with van der Waals surface area (Å²) in [7, 11) is 0. The average Bonchev–Trinajstić information content (AvgIpc) is 3.15. The van der Waals surface area contributed by atoms with Crippen LogP contribution in [0.2, 0.25) is 0 Å². The van der Waals surface area contributed by atoms with Gasteiger partial charge in [-0.05, 0) is 59.4 Å². The smallest absolute Gasteiger partial charge is 0.389 e. The van der Waals surface area contributed by atoms with E-state index in [-0.39, 0.29) is 25.8 Å². The van der Waals surface area contributed by atoms with Gasteiger partial charge in [0.2, 0.25) is 5.91 Å². The Morgan fingerprint density at radius 3 is 2.48 bits per heavy atom. The van der Waals surface area contributed by atoms with Crippen LogP contribution < -0.4 is 5.32 Å². The van der Waals surface area contributed by atoms with Crippen molar-refractivity contribution in [1.82, 2.24) is 10.3 Å². The number of rotatable bonds is 9. The highest BCUT2D eigenvalue weighted by Crippen LogP contribution is 2.36. The number of alkyl halides is 3. The number of benzene rings is 2. The van der Waals surface area contributed by atoms with Gasteiger partial charge in [0.05, 0.1) is 11.9 Å². The van der Waals surface area contributed by atoms with Crippen LogP contribution in [0.15, 0.2) is 84.1 Å². The Bertz CT molecular complexity index is 1530. The molecule has 2 aromatic carbocycles. The molecule has 0 aliphatic heterocycles. The van der Waals surface area contributed by atoms with E-state index in [1.807, 2.05) is 0 Å². The van der Waals surface area contributed by atoms with Crippen LogP contribution in [0, 0.1) is 11.6 Å². The number of nitrogens with one attached hydrogen (secondary N) is 1. The number of halogens is 5. The number of fused-ring (bicyclic) bond motifs is 1. The second-order valence-electron chi connectivity index (χ2n) is 9.38. The third kappa shape index (κ3) is 7.40. The highest BCUT2D eigenvalue weighted by Gasteiger charge is 2.30. The van der Waals surface area contributed by atoms with Crippen LogP contribution in [0.3, 0.4) is 0 Å².